The summed E-state index contributed by atoms with van der Waals surface area (Å²) in [4.78, 5) is 27.3. The average Bonchev–Trinajstić information content (AvgIpc) is 2.78. The van der Waals surface area contributed by atoms with Crippen LogP contribution in [0.25, 0.3) is 0 Å². The van der Waals surface area contributed by atoms with Crippen molar-refractivity contribution in [1.29, 1.82) is 0 Å². The molecule has 2 amide bonds. The monoisotopic (exact) mass is 412 g/mol. The van der Waals surface area contributed by atoms with Gasteiger partial charge in [0.05, 0.1) is 21.3 Å². The Hall–Kier alpha value is -3.22. The first kappa shape index (κ1) is 21.5. The largest absolute Gasteiger partial charge is 0.493 e. The Kier molecular flexibility index (Phi) is 6.82. The number of ether oxygens (including phenoxy) is 3. The fraction of sp³-hybridized carbons (Fsp3) is 0.391. The number of likely N-dealkylation sites (tertiary alicyclic amines) is 1. The summed E-state index contributed by atoms with van der Waals surface area (Å²) in [5, 5.41) is 2.83. The van der Waals surface area contributed by atoms with E-state index in [0.29, 0.717) is 40.0 Å². The lowest BCUT2D eigenvalue weighted by molar-refractivity contribution is 0.0697. The van der Waals surface area contributed by atoms with Crippen LogP contribution in [0.3, 0.4) is 0 Å². The lowest BCUT2D eigenvalue weighted by atomic mass is 9.98. The summed E-state index contributed by atoms with van der Waals surface area (Å²) in [5.41, 5.74) is 1.58. The zero-order chi connectivity index (χ0) is 21.7. The molecule has 3 rings (SSSR count). The van der Waals surface area contributed by atoms with Crippen molar-refractivity contribution in [3.8, 4) is 17.2 Å². The van der Waals surface area contributed by atoms with Gasteiger partial charge in [-0.2, -0.15) is 0 Å². The summed E-state index contributed by atoms with van der Waals surface area (Å²) < 4.78 is 15.9. The predicted octanol–water partition coefficient (Wildman–Crippen LogP) is 3.84. The van der Waals surface area contributed by atoms with Gasteiger partial charge >= 0.3 is 0 Å². The van der Waals surface area contributed by atoms with E-state index in [4.69, 9.17) is 14.2 Å². The number of carbonyl (C=O) groups is 2. The zero-order valence-electron chi connectivity index (χ0n) is 17.9. The molecule has 1 heterocycles. The fourth-order valence-electron chi connectivity index (χ4n) is 3.51. The second-order valence-corrected chi connectivity index (χ2v) is 7.42. The van der Waals surface area contributed by atoms with Crippen LogP contribution in [0, 0.1) is 5.92 Å². The van der Waals surface area contributed by atoms with Crippen molar-refractivity contribution in [3.63, 3.8) is 0 Å². The third-order valence-electron chi connectivity index (χ3n) is 5.39. The molecule has 2 aromatic rings. The van der Waals surface area contributed by atoms with Crippen LogP contribution in [0.15, 0.2) is 36.4 Å². The topological polar surface area (TPSA) is 77.1 Å². The number of carbonyl (C=O) groups excluding carboxylic acids is 2. The minimum Gasteiger partial charge on any atom is -0.493 e. The van der Waals surface area contributed by atoms with Gasteiger partial charge in [0.25, 0.3) is 11.8 Å². The highest BCUT2D eigenvalue weighted by Gasteiger charge is 2.21. The van der Waals surface area contributed by atoms with Gasteiger partial charge in [0.15, 0.2) is 11.5 Å². The number of hydrogen-bond acceptors (Lipinski definition) is 5. The molecule has 1 aliphatic heterocycles. The molecule has 1 saturated heterocycles. The van der Waals surface area contributed by atoms with Crippen LogP contribution in [0.4, 0.5) is 5.69 Å². The molecule has 7 nitrogen and oxygen atoms in total. The molecular formula is C23H28N2O5. The van der Waals surface area contributed by atoms with Gasteiger partial charge in [-0.1, -0.05) is 6.92 Å². The first-order valence-corrected chi connectivity index (χ1v) is 9.97. The lowest BCUT2D eigenvalue weighted by Crippen LogP contribution is -2.37. The van der Waals surface area contributed by atoms with Crippen molar-refractivity contribution >= 4 is 17.5 Å². The van der Waals surface area contributed by atoms with Gasteiger partial charge in [-0.05, 0) is 55.2 Å². The number of anilines is 1. The Morgan fingerprint density at radius 1 is 0.900 bits per heavy atom. The van der Waals surface area contributed by atoms with E-state index < -0.39 is 0 Å². The highest BCUT2D eigenvalue weighted by Crippen LogP contribution is 2.38. The van der Waals surface area contributed by atoms with E-state index >= 15 is 0 Å². The van der Waals surface area contributed by atoms with E-state index in [-0.39, 0.29) is 11.8 Å². The highest BCUT2D eigenvalue weighted by molar-refractivity contribution is 6.05. The van der Waals surface area contributed by atoms with E-state index in [1.807, 2.05) is 4.90 Å². The van der Waals surface area contributed by atoms with Gasteiger partial charge in [-0.25, -0.2) is 0 Å². The minimum absolute atomic E-state index is 0.0319. The number of benzene rings is 2. The SMILES string of the molecule is COc1cc(C(=O)Nc2ccc(C(=O)N3CCC(C)CC3)cc2)cc(OC)c1OC. The van der Waals surface area contributed by atoms with Gasteiger partial charge in [-0.15, -0.1) is 0 Å². The second kappa shape index (κ2) is 9.52. The normalized spacial score (nSPS) is 14.2. The first-order chi connectivity index (χ1) is 14.5. The van der Waals surface area contributed by atoms with Crippen LogP contribution < -0.4 is 19.5 Å². The van der Waals surface area contributed by atoms with Crippen molar-refractivity contribution in [2.45, 2.75) is 19.8 Å². The van der Waals surface area contributed by atoms with Crippen LogP contribution in [-0.2, 0) is 0 Å². The molecule has 0 saturated carbocycles. The average molecular weight is 412 g/mol. The van der Waals surface area contributed by atoms with Crippen molar-refractivity contribution < 1.29 is 23.8 Å². The van der Waals surface area contributed by atoms with Crippen LogP contribution in [-0.4, -0.2) is 51.1 Å². The number of piperidine rings is 1. The van der Waals surface area contributed by atoms with Crippen LogP contribution in [0.5, 0.6) is 17.2 Å². The third kappa shape index (κ3) is 4.67. The van der Waals surface area contributed by atoms with Gasteiger partial charge in [0, 0.05) is 29.9 Å². The number of nitrogens with one attached hydrogen (secondary N) is 1. The molecule has 2 aromatic carbocycles. The number of hydrogen-bond donors (Lipinski definition) is 1. The quantitative estimate of drug-likeness (QED) is 0.780. The Labute approximate surface area is 176 Å². The molecule has 7 heteroatoms. The number of methoxy groups -OCH3 is 3. The summed E-state index contributed by atoms with van der Waals surface area (Å²) in [6, 6.07) is 10.1. The van der Waals surface area contributed by atoms with E-state index in [1.54, 1.807) is 36.4 Å². The molecular weight excluding hydrogens is 384 g/mol. The molecule has 0 aromatic heterocycles. The third-order valence-corrected chi connectivity index (χ3v) is 5.39. The fourth-order valence-corrected chi connectivity index (χ4v) is 3.51. The van der Waals surface area contributed by atoms with Crippen LogP contribution in [0.1, 0.15) is 40.5 Å². The van der Waals surface area contributed by atoms with Crippen molar-refractivity contribution in [2.24, 2.45) is 5.92 Å². The van der Waals surface area contributed by atoms with Crippen molar-refractivity contribution in [1.82, 2.24) is 4.90 Å². The van der Waals surface area contributed by atoms with E-state index in [9.17, 15) is 9.59 Å². The first-order valence-electron chi connectivity index (χ1n) is 9.97. The smallest absolute Gasteiger partial charge is 0.255 e. The molecule has 160 valence electrons. The number of amides is 2. The van der Waals surface area contributed by atoms with Crippen LogP contribution >= 0.6 is 0 Å². The van der Waals surface area contributed by atoms with E-state index in [1.165, 1.54) is 21.3 Å². The predicted molar refractivity (Wildman–Crippen MR) is 115 cm³/mol. The summed E-state index contributed by atoms with van der Waals surface area (Å²) in [6.45, 7) is 3.80. The van der Waals surface area contributed by atoms with E-state index in [2.05, 4.69) is 12.2 Å². The van der Waals surface area contributed by atoms with E-state index in [0.717, 1.165) is 25.9 Å². The van der Waals surface area contributed by atoms with Gasteiger partial charge in [-0.3, -0.25) is 9.59 Å². The molecule has 1 aliphatic rings. The molecule has 30 heavy (non-hydrogen) atoms. The molecule has 0 radical (unpaired) electrons. The Bertz CT molecular complexity index is 877. The summed E-state index contributed by atoms with van der Waals surface area (Å²) in [6.07, 6.45) is 2.07. The van der Waals surface area contributed by atoms with Gasteiger partial charge < -0.3 is 24.4 Å². The molecule has 1 fully saturated rings. The van der Waals surface area contributed by atoms with Gasteiger partial charge in [0.2, 0.25) is 5.75 Å². The summed E-state index contributed by atoms with van der Waals surface area (Å²) in [5.74, 6) is 1.61. The number of nitrogens with zero attached hydrogens (tertiary/aromatic N) is 1. The summed E-state index contributed by atoms with van der Waals surface area (Å²) in [7, 11) is 4.50. The maximum atomic E-state index is 12.7. The minimum atomic E-state index is -0.321. The second-order valence-electron chi connectivity index (χ2n) is 7.42. The number of rotatable bonds is 6. The standard InChI is InChI=1S/C23H28N2O5/c1-15-9-11-25(12-10-15)23(27)16-5-7-18(8-6-16)24-22(26)17-13-19(28-2)21(30-4)20(14-17)29-3/h5-8,13-15H,9-12H2,1-4H3,(H,24,26). The highest BCUT2D eigenvalue weighted by atomic mass is 16.5. The Balaban J connectivity index is 1.71. The Morgan fingerprint density at radius 3 is 1.97 bits per heavy atom. The molecule has 0 bridgehead atoms. The summed E-state index contributed by atoms with van der Waals surface area (Å²) >= 11 is 0. The maximum Gasteiger partial charge on any atom is 0.255 e. The molecule has 1 N–H and O–H groups in total. The van der Waals surface area contributed by atoms with Gasteiger partial charge in [0.1, 0.15) is 0 Å². The zero-order valence-corrected chi connectivity index (χ0v) is 17.9. The molecule has 0 spiro atoms. The maximum absolute atomic E-state index is 12.7. The lowest BCUT2D eigenvalue weighted by Gasteiger charge is -2.30. The molecule has 0 atom stereocenters. The van der Waals surface area contributed by atoms with Crippen molar-refractivity contribution in [2.75, 3.05) is 39.7 Å². The molecule has 0 unspecified atom stereocenters. The Morgan fingerprint density at radius 2 is 1.47 bits per heavy atom. The molecule has 0 aliphatic carbocycles. The van der Waals surface area contributed by atoms with Crippen LogP contribution in [0.2, 0.25) is 0 Å². The van der Waals surface area contributed by atoms with Crippen molar-refractivity contribution in [3.05, 3.63) is 47.5 Å².